The Hall–Kier alpha value is -2.61. The average molecular weight is 726 g/mol. The maximum atomic E-state index is 14.2. The van der Waals surface area contributed by atoms with Crippen molar-refractivity contribution in [3.8, 4) is 0 Å². The van der Waals surface area contributed by atoms with E-state index in [1.54, 1.807) is 44.7 Å². The first-order chi connectivity index (χ1) is 23.7. The van der Waals surface area contributed by atoms with Crippen molar-refractivity contribution in [1.29, 1.82) is 0 Å². The normalized spacial score (nSPS) is 20.4. The Bertz CT molecular complexity index is 1140. The minimum atomic E-state index is -1.07. The largest absolute Gasteiger partial charge is 0.391 e. The fraction of sp³-hybridized carbons (Fsp3) is 0.868. The molecule has 2 unspecified atom stereocenters. The average Bonchev–Trinajstić information content (AvgIpc) is 3.53. The number of aliphatic hydroxyl groups excluding tert-OH is 1. The molecule has 1 aliphatic heterocycles. The summed E-state index contributed by atoms with van der Waals surface area (Å²) in [7, 11) is 8.46. The van der Waals surface area contributed by atoms with Gasteiger partial charge in [-0.05, 0) is 51.6 Å². The van der Waals surface area contributed by atoms with Crippen LogP contribution in [0.15, 0.2) is 0 Å². The van der Waals surface area contributed by atoms with Crippen LogP contribution in [0.5, 0.6) is 0 Å². The van der Waals surface area contributed by atoms with E-state index in [9.17, 15) is 29.1 Å². The molecular weight excluding hydrogens is 654 g/mol. The molecule has 0 aromatic heterocycles. The van der Waals surface area contributed by atoms with E-state index in [4.69, 9.17) is 9.47 Å². The van der Waals surface area contributed by atoms with Gasteiger partial charge in [0.2, 0.25) is 23.6 Å². The van der Waals surface area contributed by atoms with Crippen molar-refractivity contribution >= 4 is 29.4 Å². The number of nitrogens with one attached hydrogen (secondary N) is 2. The summed E-state index contributed by atoms with van der Waals surface area (Å²) in [6.45, 7) is 18.9. The second-order valence-corrected chi connectivity index (χ2v) is 15.8. The van der Waals surface area contributed by atoms with Crippen LogP contribution in [0.4, 0.5) is 0 Å². The summed E-state index contributed by atoms with van der Waals surface area (Å²) >= 11 is 0. The van der Waals surface area contributed by atoms with Crippen molar-refractivity contribution in [2.75, 3.05) is 41.9 Å². The fourth-order valence-electron chi connectivity index (χ4n) is 7.48. The van der Waals surface area contributed by atoms with Gasteiger partial charge in [0, 0.05) is 33.7 Å². The van der Waals surface area contributed by atoms with Crippen molar-refractivity contribution in [2.45, 2.75) is 143 Å². The number of rotatable bonds is 21. The smallest absolute Gasteiger partial charge is 0.245 e. The van der Waals surface area contributed by atoms with Crippen molar-refractivity contribution in [2.24, 2.45) is 29.6 Å². The summed E-state index contributed by atoms with van der Waals surface area (Å²) < 4.78 is 11.8. The number of aliphatic hydroxyl groups is 1. The van der Waals surface area contributed by atoms with Crippen LogP contribution >= 0.6 is 0 Å². The molecule has 10 atom stereocenters. The number of methoxy groups -OCH3 is 2. The minimum absolute atomic E-state index is 0.00160. The van der Waals surface area contributed by atoms with Gasteiger partial charge < -0.3 is 35.0 Å². The van der Waals surface area contributed by atoms with Crippen molar-refractivity contribution in [3.05, 3.63) is 0 Å². The van der Waals surface area contributed by atoms with Gasteiger partial charge in [0.05, 0.1) is 48.8 Å². The molecule has 3 N–H and O–H groups in total. The first-order valence-electron chi connectivity index (χ1n) is 18.8. The monoisotopic (exact) mass is 726 g/mol. The number of likely N-dealkylation sites (N-methyl/N-ethyl adjacent to an activating group) is 2. The molecule has 0 radical (unpaired) electrons. The zero-order valence-corrected chi connectivity index (χ0v) is 34.2. The number of hydrogen-bond acceptors (Lipinski definition) is 9. The number of hydrogen-bond donors (Lipinski definition) is 3. The zero-order chi connectivity index (χ0) is 39.5. The highest BCUT2D eigenvalue weighted by molar-refractivity contribution is 5.92. The molecular formula is C38H71N5O8. The van der Waals surface area contributed by atoms with Gasteiger partial charge in [-0.15, -0.1) is 0 Å². The second kappa shape index (κ2) is 21.2. The lowest BCUT2D eigenvalue weighted by molar-refractivity contribution is -0.148. The van der Waals surface area contributed by atoms with E-state index in [0.29, 0.717) is 13.0 Å². The molecule has 0 saturated carbocycles. The number of ether oxygens (including phenoxy) is 2. The van der Waals surface area contributed by atoms with Gasteiger partial charge in [-0.1, -0.05) is 68.7 Å². The number of likely N-dealkylation sites (tertiary alicyclic amines) is 1. The lowest BCUT2D eigenvalue weighted by Crippen LogP contribution is -2.59. The Balaban J connectivity index is 3.30. The van der Waals surface area contributed by atoms with Crippen LogP contribution in [0.1, 0.15) is 94.9 Å². The predicted octanol–water partition coefficient (Wildman–Crippen LogP) is 2.72. The number of ketones is 1. The van der Waals surface area contributed by atoms with Gasteiger partial charge in [0.25, 0.3) is 0 Å². The first-order valence-corrected chi connectivity index (χ1v) is 18.8. The van der Waals surface area contributed by atoms with E-state index in [2.05, 4.69) is 10.6 Å². The molecule has 1 saturated heterocycles. The summed E-state index contributed by atoms with van der Waals surface area (Å²) in [6.07, 6.45) is -0.316. The molecule has 51 heavy (non-hydrogen) atoms. The maximum absolute atomic E-state index is 14.2. The summed E-state index contributed by atoms with van der Waals surface area (Å²) in [5.41, 5.74) is 0. The van der Waals surface area contributed by atoms with Crippen molar-refractivity contribution in [1.82, 2.24) is 25.3 Å². The van der Waals surface area contributed by atoms with E-state index in [1.165, 1.54) is 14.0 Å². The molecule has 0 aromatic rings. The molecule has 1 rings (SSSR count). The maximum Gasteiger partial charge on any atom is 0.245 e. The molecule has 0 spiro atoms. The molecule has 1 fully saturated rings. The van der Waals surface area contributed by atoms with Crippen LogP contribution in [-0.4, -0.2) is 140 Å². The number of carbonyl (C=O) groups is 5. The highest BCUT2D eigenvalue weighted by atomic mass is 16.5. The third-order valence-corrected chi connectivity index (χ3v) is 10.6. The van der Waals surface area contributed by atoms with Crippen LogP contribution in [-0.2, 0) is 33.4 Å². The first kappa shape index (κ1) is 46.4. The quantitative estimate of drug-likeness (QED) is 0.162. The SMILES string of the molecule is CC[C@H](C)[C@@H]([C@@H](CC(=O)N1CCC[C@H]1[C@H](OC)[C@@H](C)C(=O)NC(C(=O)C(C)C)C(C)O)OC)N(C)C(=O)[C@@H](NC(=O)[C@H](C(C)C)N(C)C)C(C)C. The van der Waals surface area contributed by atoms with Gasteiger partial charge in [-0.25, -0.2) is 0 Å². The lowest BCUT2D eigenvalue weighted by atomic mass is 9.89. The molecule has 4 amide bonds. The minimum Gasteiger partial charge on any atom is -0.391 e. The molecule has 0 bridgehead atoms. The Morgan fingerprint density at radius 3 is 1.84 bits per heavy atom. The number of carbonyl (C=O) groups excluding carboxylic acids is 5. The lowest BCUT2D eigenvalue weighted by Gasteiger charge is -2.41. The van der Waals surface area contributed by atoms with Crippen LogP contribution in [0.2, 0.25) is 0 Å². The molecule has 1 heterocycles. The van der Waals surface area contributed by atoms with Gasteiger partial charge in [0.15, 0.2) is 5.78 Å². The number of Topliss-reactive ketones (excluding diaryl/α,β-unsaturated/α-hetero) is 1. The van der Waals surface area contributed by atoms with Crippen LogP contribution in [0.3, 0.4) is 0 Å². The fourth-order valence-corrected chi connectivity index (χ4v) is 7.48. The summed E-state index contributed by atoms with van der Waals surface area (Å²) in [5, 5.41) is 16.0. The molecule has 13 heteroatoms. The molecule has 1 aliphatic rings. The summed E-state index contributed by atoms with van der Waals surface area (Å²) in [4.78, 5) is 73.0. The van der Waals surface area contributed by atoms with Gasteiger partial charge in [-0.2, -0.15) is 0 Å². The van der Waals surface area contributed by atoms with Crippen LogP contribution < -0.4 is 10.6 Å². The predicted molar refractivity (Wildman–Crippen MR) is 199 cm³/mol. The highest BCUT2D eigenvalue weighted by Gasteiger charge is 2.43. The topological polar surface area (TPSA) is 158 Å². The van der Waals surface area contributed by atoms with Gasteiger partial charge >= 0.3 is 0 Å². The standard InChI is InChI=1S/C38H71N5O8/c1-16-24(8)33(42(13)38(49)30(21(2)3)39-37(48)32(22(4)5)41(11)12)28(50-14)20-29(45)43-19-17-18-27(43)35(51-15)25(9)36(47)40-31(26(10)44)34(46)23(6)7/h21-28,30-33,35,44H,16-20H2,1-15H3,(H,39,48)(H,40,47)/t24-,25+,26?,27-,28+,30-,31?,32-,33-,35+/m0/s1. The summed E-state index contributed by atoms with van der Waals surface area (Å²) in [6, 6.07) is -3.10. The van der Waals surface area contributed by atoms with Crippen molar-refractivity contribution < 1.29 is 38.6 Å². The second-order valence-electron chi connectivity index (χ2n) is 15.8. The van der Waals surface area contributed by atoms with Crippen LogP contribution in [0, 0.1) is 29.6 Å². The third kappa shape index (κ3) is 12.2. The summed E-state index contributed by atoms with van der Waals surface area (Å²) in [5.74, 6) is -2.63. The van der Waals surface area contributed by atoms with Gasteiger partial charge in [-0.3, -0.25) is 28.9 Å². The Morgan fingerprint density at radius 1 is 0.843 bits per heavy atom. The van der Waals surface area contributed by atoms with E-state index in [0.717, 1.165) is 12.8 Å². The number of nitrogens with zero attached hydrogens (tertiary/aromatic N) is 3. The molecule has 13 nitrogen and oxygen atoms in total. The van der Waals surface area contributed by atoms with Gasteiger partial charge in [0.1, 0.15) is 12.1 Å². The molecule has 0 aliphatic carbocycles. The van der Waals surface area contributed by atoms with E-state index in [1.807, 2.05) is 60.5 Å². The van der Waals surface area contributed by atoms with Crippen molar-refractivity contribution in [3.63, 3.8) is 0 Å². The van der Waals surface area contributed by atoms with E-state index in [-0.39, 0.29) is 53.6 Å². The Labute approximate surface area is 307 Å². The third-order valence-electron chi connectivity index (χ3n) is 10.6. The Kier molecular flexibility index (Phi) is 19.3. The molecule has 0 aromatic carbocycles. The van der Waals surface area contributed by atoms with Crippen LogP contribution in [0.25, 0.3) is 0 Å². The highest BCUT2D eigenvalue weighted by Crippen LogP contribution is 2.30. The number of amides is 4. The van der Waals surface area contributed by atoms with E-state index >= 15 is 0 Å². The zero-order valence-electron chi connectivity index (χ0n) is 34.2. The van der Waals surface area contributed by atoms with E-state index < -0.39 is 60.3 Å². The Morgan fingerprint density at radius 2 is 1.41 bits per heavy atom. The molecule has 296 valence electrons.